The highest BCUT2D eigenvalue weighted by atomic mass is 28.4. The van der Waals surface area contributed by atoms with Crippen molar-refractivity contribution in [3.8, 4) is 0 Å². The van der Waals surface area contributed by atoms with Gasteiger partial charge in [0.2, 0.25) is 0 Å². The average molecular weight is 291 g/mol. The van der Waals surface area contributed by atoms with Crippen molar-refractivity contribution in [2.45, 2.75) is 61.2 Å². The monoisotopic (exact) mass is 290 g/mol. The Labute approximate surface area is 126 Å². The third-order valence-corrected chi connectivity index (χ3v) is 3.95. The van der Waals surface area contributed by atoms with Gasteiger partial charge in [-0.3, -0.25) is 0 Å². The normalized spacial score (nSPS) is 17.9. The minimum absolute atomic E-state index is 0.0182. The summed E-state index contributed by atoms with van der Waals surface area (Å²) in [6.07, 6.45) is 4.15. The van der Waals surface area contributed by atoms with Crippen LogP contribution in [0.4, 0.5) is 0 Å². The summed E-state index contributed by atoms with van der Waals surface area (Å²) in [5, 5.41) is 0. The van der Waals surface area contributed by atoms with E-state index in [1.807, 2.05) is 0 Å². The molecular formula is C18H30OSi. The molecule has 0 amide bonds. The van der Waals surface area contributed by atoms with Gasteiger partial charge >= 0.3 is 8.32 Å². The van der Waals surface area contributed by atoms with Crippen LogP contribution < -0.4 is 0 Å². The second kappa shape index (κ2) is 5.14. The van der Waals surface area contributed by atoms with Crippen molar-refractivity contribution in [1.29, 1.82) is 0 Å². The first-order valence-corrected chi connectivity index (χ1v) is 10.8. The van der Waals surface area contributed by atoms with E-state index in [1.54, 1.807) is 0 Å². The van der Waals surface area contributed by atoms with E-state index in [2.05, 4.69) is 73.3 Å². The molecule has 0 saturated heterocycles. The molecule has 112 valence electrons. The number of ketones is 1. The maximum atomic E-state index is 6.46. The minimum atomic E-state index is -1.68. The van der Waals surface area contributed by atoms with E-state index < -0.39 is 8.32 Å². The fourth-order valence-electron chi connectivity index (χ4n) is 2.18. The van der Waals surface area contributed by atoms with Crippen LogP contribution in [0.15, 0.2) is 28.9 Å². The third-order valence-electron chi connectivity index (χ3n) is 3.14. The molecule has 0 aliphatic heterocycles. The number of allylic oxidation sites excluding steroid dienone is 5. The molecule has 1 aliphatic carbocycles. The van der Waals surface area contributed by atoms with Gasteiger partial charge in [-0.2, -0.15) is 17.7 Å². The van der Waals surface area contributed by atoms with Crippen LogP contribution in [0.25, 0.3) is 0 Å². The summed E-state index contributed by atoms with van der Waals surface area (Å²) in [6.45, 7) is 26.1. The molecule has 0 aromatic carbocycles. The van der Waals surface area contributed by atoms with Crippen LogP contribution >= 0.6 is 0 Å². The second-order valence-corrected chi connectivity index (χ2v) is 13.1. The molecule has 0 unspecified atom stereocenters. The van der Waals surface area contributed by atoms with Gasteiger partial charge in [-0.15, -0.1) is 0 Å². The Bertz CT molecular complexity index is 461. The highest BCUT2D eigenvalue weighted by Crippen LogP contribution is 2.39. The van der Waals surface area contributed by atoms with Gasteiger partial charge in [0.1, 0.15) is 0 Å². The maximum absolute atomic E-state index is 6.46. The minimum Gasteiger partial charge on any atom is -0.374 e. The molecule has 0 radical (unpaired) electrons. The van der Waals surface area contributed by atoms with Crippen LogP contribution in [0.5, 0.6) is 0 Å². The second-order valence-electron chi connectivity index (χ2n) is 8.66. The first-order chi connectivity index (χ1) is 8.72. The number of carbonyl (C=O) groups excluding carboxylic acids is 1. The molecule has 1 aliphatic rings. The van der Waals surface area contributed by atoms with Gasteiger partial charge in [-0.1, -0.05) is 41.5 Å². The molecule has 1 rings (SSSR count). The zero-order valence-electron chi connectivity index (χ0n) is 14.6. The lowest BCUT2D eigenvalue weighted by atomic mass is 9.72. The van der Waals surface area contributed by atoms with Crippen LogP contribution in [0.1, 0.15) is 41.5 Å². The molecule has 0 atom stereocenters. The number of rotatable bonds is 1. The topological polar surface area (TPSA) is 11.3 Å². The third kappa shape index (κ3) is 4.31. The maximum Gasteiger partial charge on any atom is 0.509 e. The summed E-state index contributed by atoms with van der Waals surface area (Å²) in [5.41, 5.74) is 3.28. The van der Waals surface area contributed by atoms with Crippen LogP contribution in [-0.2, 0) is 4.11 Å². The lowest BCUT2D eigenvalue weighted by molar-refractivity contribution is -0.304. The average Bonchev–Trinajstić information content (AvgIpc) is 2.14. The lowest BCUT2D eigenvalue weighted by Gasteiger charge is -2.33. The number of hydrogen-bond acceptors (Lipinski definition) is 0. The molecule has 0 heterocycles. The van der Waals surface area contributed by atoms with Gasteiger partial charge < -0.3 is 4.11 Å². The van der Waals surface area contributed by atoms with Gasteiger partial charge in [0, 0.05) is 30.8 Å². The van der Waals surface area contributed by atoms with Gasteiger partial charge in [-0.05, 0) is 10.8 Å². The van der Waals surface area contributed by atoms with E-state index in [0.717, 1.165) is 11.4 Å². The van der Waals surface area contributed by atoms with Gasteiger partial charge in [-0.25, -0.2) is 6.58 Å². The molecule has 0 fully saturated rings. The summed E-state index contributed by atoms with van der Waals surface area (Å²) >= 11 is 0. The standard InChI is InChI=1S/C18H30OSi/c1-13-11-14(17(2,3)4)16(19-20(8,9)10)15(12-13)18(5,6)7/h1,11-12H,2-10H3. The van der Waals surface area contributed by atoms with E-state index in [4.69, 9.17) is 10.7 Å². The molecule has 0 saturated carbocycles. The van der Waals surface area contributed by atoms with Crippen molar-refractivity contribution in [3.05, 3.63) is 35.5 Å². The van der Waals surface area contributed by atoms with E-state index in [1.165, 1.54) is 11.1 Å². The van der Waals surface area contributed by atoms with Crippen molar-refractivity contribution in [2.75, 3.05) is 0 Å². The molecule has 0 N–H and O–H groups in total. The Kier molecular flexibility index (Phi) is 4.41. The Morgan fingerprint density at radius 3 is 1.45 bits per heavy atom. The molecule has 0 spiro atoms. The molecule has 0 bridgehead atoms. The summed E-state index contributed by atoms with van der Waals surface area (Å²) in [5.74, 6) is 1.05. The lowest BCUT2D eigenvalue weighted by Crippen LogP contribution is -2.34. The van der Waals surface area contributed by atoms with Gasteiger partial charge in [0.05, 0.1) is 0 Å². The molecule has 0 aromatic rings. The van der Waals surface area contributed by atoms with Crippen molar-refractivity contribution in [1.82, 2.24) is 0 Å². The first kappa shape index (κ1) is 17.2. The van der Waals surface area contributed by atoms with Crippen molar-refractivity contribution in [2.24, 2.45) is 10.8 Å². The highest BCUT2D eigenvalue weighted by molar-refractivity contribution is 6.67. The van der Waals surface area contributed by atoms with Gasteiger partial charge in [0.25, 0.3) is 5.78 Å². The SMILES string of the molecule is [CH-]=C1C=C(C(C)(C)C)C(=[O+][Si](C)(C)C)C(C(C)(C)C)=C1. The van der Waals surface area contributed by atoms with Crippen LogP contribution in [-0.4, -0.2) is 14.1 Å². The van der Waals surface area contributed by atoms with E-state index in [0.29, 0.717) is 0 Å². The summed E-state index contributed by atoms with van der Waals surface area (Å²) in [4.78, 5) is 0. The zero-order chi connectivity index (χ0) is 15.9. The molecule has 2 heteroatoms. The van der Waals surface area contributed by atoms with Crippen LogP contribution in [0.3, 0.4) is 0 Å². The molecule has 20 heavy (non-hydrogen) atoms. The molecule has 0 aromatic heterocycles. The first-order valence-electron chi connectivity index (χ1n) is 7.35. The summed E-state index contributed by atoms with van der Waals surface area (Å²) in [7, 11) is -1.68. The fraction of sp³-hybridized carbons (Fsp3) is 0.611. The Hall–Kier alpha value is -0.893. The van der Waals surface area contributed by atoms with Gasteiger partial charge in [0.15, 0.2) is 0 Å². The molecule has 1 nitrogen and oxygen atoms in total. The predicted molar refractivity (Wildman–Crippen MR) is 91.2 cm³/mol. The Morgan fingerprint density at radius 1 is 0.850 bits per heavy atom. The van der Waals surface area contributed by atoms with E-state index in [-0.39, 0.29) is 10.8 Å². The van der Waals surface area contributed by atoms with Crippen molar-refractivity contribution in [3.63, 3.8) is 0 Å². The smallest absolute Gasteiger partial charge is 0.374 e. The van der Waals surface area contributed by atoms with E-state index >= 15 is 0 Å². The quantitative estimate of drug-likeness (QED) is 0.355. The van der Waals surface area contributed by atoms with E-state index in [9.17, 15) is 0 Å². The van der Waals surface area contributed by atoms with Crippen molar-refractivity contribution >= 4 is 14.1 Å². The largest absolute Gasteiger partial charge is 0.509 e. The summed E-state index contributed by atoms with van der Waals surface area (Å²) < 4.78 is 6.46. The van der Waals surface area contributed by atoms with Crippen LogP contribution in [0.2, 0.25) is 19.6 Å². The molecular weight excluding hydrogens is 260 g/mol. The number of hydrogen-bond donors (Lipinski definition) is 0. The zero-order valence-corrected chi connectivity index (χ0v) is 15.6. The predicted octanol–water partition coefficient (Wildman–Crippen LogP) is 5.24. The van der Waals surface area contributed by atoms with Crippen LogP contribution in [0, 0.1) is 17.4 Å². The fourth-order valence-corrected chi connectivity index (χ4v) is 3.01. The Balaban J connectivity index is 3.55. The highest BCUT2D eigenvalue weighted by Gasteiger charge is 2.39. The Morgan fingerprint density at radius 2 is 1.20 bits per heavy atom. The van der Waals surface area contributed by atoms with Crippen molar-refractivity contribution < 1.29 is 4.11 Å². The summed E-state index contributed by atoms with van der Waals surface area (Å²) in [6, 6.07) is 0.